The lowest BCUT2D eigenvalue weighted by molar-refractivity contribution is -0.140. The Labute approximate surface area is 252 Å². The number of hydrogen-bond acceptors (Lipinski definition) is 7. The van der Waals surface area contributed by atoms with Gasteiger partial charge in [-0.05, 0) is 49.2 Å². The number of nitrogens with zero attached hydrogens (tertiary/aromatic N) is 2. The Kier molecular flexibility index (Phi) is 11.1. The minimum Gasteiger partial charge on any atom is -0.495 e. The zero-order valence-electron chi connectivity index (χ0n) is 24.5. The van der Waals surface area contributed by atoms with Crippen LogP contribution in [0.25, 0.3) is 0 Å². The Hall–Kier alpha value is -3.96. The number of ether oxygens (including phenoxy) is 3. The van der Waals surface area contributed by atoms with E-state index in [1.807, 2.05) is 31.2 Å². The number of likely N-dealkylation sites (N-methyl/N-ethyl adjacent to an activating group) is 1. The van der Waals surface area contributed by atoms with Crippen molar-refractivity contribution in [3.63, 3.8) is 0 Å². The van der Waals surface area contributed by atoms with Crippen LogP contribution in [-0.4, -0.2) is 66.1 Å². The molecule has 3 rings (SSSR count). The minimum atomic E-state index is -4.42. The minimum absolute atomic E-state index is 0.0522. The maximum atomic E-state index is 14.2. The van der Waals surface area contributed by atoms with E-state index in [0.717, 1.165) is 15.4 Å². The van der Waals surface area contributed by atoms with Crippen molar-refractivity contribution in [3.05, 3.63) is 76.8 Å². The lowest BCUT2D eigenvalue weighted by atomic mass is 10.1. The molecule has 0 aliphatic heterocycles. The Morgan fingerprint density at radius 3 is 2.10 bits per heavy atom. The van der Waals surface area contributed by atoms with E-state index in [-0.39, 0.29) is 39.6 Å². The summed E-state index contributed by atoms with van der Waals surface area (Å²) in [6, 6.07) is 15.3. The van der Waals surface area contributed by atoms with Crippen LogP contribution in [0.3, 0.4) is 0 Å². The topological polar surface area (TPSA) is 114 Å². The Morgan fingerprint density at radius 2 is 1.52 bits per heavy atom. The fourth-order valence-corrected chi connectivity index (χ4v) is 6.05. The van der Waals surface area contributed by atoms with Crippen molar-refractivity contribution in [1.29, 1.82) is 0 Å². The molecule has 1 atom stereocenters. The van der Waals surface area contributed by atoms with E-state index >= 15 is 0 Å². The molecular weight excluding hydrogens is 582 g/mol. The van der Waals surface area contributed by atoms with Crippen molar-refractivity contribution in [2.75, 3.05) is 39.2 Å². The van der Waals surface area contributed by atoms with Gasteiger partial charge in [-0.3, -0.25) is 13.9 Å². The predicted molar refractivity (Wildman–Crippen MR) is 162 cm³/mol. The molecule has 0 saturated carbocycles. The Balaban J connectivity index is 2.17. The van der Waals surface area contributed by atoms with Gasteiger partial charge in [0, 0.05) is 24.7 Å². The first kappa shape index (κ1) is 32.6. The smallest absolute Gasteiger partial charge is 0.265 e. The van der Waals surface area contributed by atoms with E-state index in [4.69, 9.17) is 25.8 Å². The molecule has 3 aromatic carbocycles. The third-order valence-corrected chi connectivity index (χ3v) is 8.73. The van der Waals surface area contributed by atoms with Gasteiger partial charge in [-0.1, -0.05) is 48.4 Å². The van der Waals surface area contributed by atoms with Crippen molar-refractivity contribution in [2.24, 2.45) is 0 Å². The molecule has 0 bridgehead atoms. The van der Waals surface area contributed by atoms with Crippen molar-refractivity contribution in [3.8, 4) is 17.2 Å². The maximum absolute atomic E-state index is 14.2. The average molecular weight is 618 g/mol. The summed E-state index contributed by atoms with van der Waals surface area (Å²) >= 11 is 6.29. The molecule has 0 heterocycles. The van der Waals surface area contributed by atoms with E-state index < -0.39 is 28.5 Å². The summed E-state index contributed by atoms with van der Waals surface area (Å²) in [5.41, 5.74) is 1.87. The normalized spacial score (nSPS) is 11.8. The number of benzene rings is 3. The summed E-state index contributed by atoms with van der Waals surface area (Å²) in [5.74, 6) is -0.265. The first-order valence-electron chi connectivity index (χ1n) is 13.2. The second-order valence-electron chi connectivity index (χ2n) is 9.39. The summed E-state index contributed by atoms with van der Waals surface area (Å²) in [5, 5.41) is 2.84. The average Bonchev–Trinajstić information content (AvgIpc) is 2.99. The summed E-state index contributed by atoms with van der Waals surface area (Å²) < 4.78 is 45.5. The van der Waals surface area contributed by atoms with Gasteiger partial charge in [-0.25, -0.2) is 8.42 Å². The summed E-state index contributed by atoms with van der Waals surface area (Å²) in [6.45, 7) is 3.17. The number of halogens is 1. The standard InChI is InChI=1S/C30H36ClN3O7S/c1-7-24(30(36)32-3)33(18-21-10-8-20(2)9-11-21)29(35)19-34(25-16-22(31)12-14-26(25)39-4)42(37,38)23-13-15-27(40-5)28(17-23)41-6/h8-17,24H,7,18-19H2,1-6H3,(H,32,36)/t24-/m1/s1. The molecule has 0 spiro atoms. The number of aryl methyl sites for hydroxylation is 1. The molecule has 12 heteroatoms. The molecule has 0 aliphatic rings. The van der Waals surface area contributed by atoms with E-state index in [1.54, 1.807) is 13.0 Å². The molecule has 0 aromatic heterocycles. The third-order valence-electron chi connectivity index (χ3n) is 6.74. The van der Waals surface area contributed by atoms with Crippen LogP contribution in [0.4, 0.5) is 5.69 Å². The van der Waals surface area contributed by atoms with Crippen LogP contribution >= 0.6 is 11.6 Å². The SMILES string of the molecule is CC[C@H](C(=O)NC)N(Cc1ccc(C)cc1)C(=O)CN(c1cc(Cl)ccc1OC)S(=O)(=O)c1ccc(OC)c(OC)c1. The van der Waals surface area contributed by atoms with Crippen LogP contribution in [0.2, 0.25) is 5.02 Å². The van der Waals surface area contributed by atoms with E-state index in [0.29, 0.717) is 12.2 Å². The van der Waals surface area contributed by atoms with Gasteiger partial charge >= 0.3 is 0 Å². The number of rotatable bonds is 13. The number of nitrogens with one attached hydrogen (secondary N) is 1. The van der Waals surface area contributed by atoms with Crippen molar-refractivity contribution in [1.82, 2.24) is 10.2 Å². The van der Waals surface area contributed by atoms with E-state index in [1.165, 1.54) is 63.6 Å². The highest BCUT2D eigenvalue weighted by atomic mass is 35.5. The third kappa shape index (κ3) is 7.27. The highest BCUT2D eigenvalue weighted by molar-refractivity contribution is 7.92. The molecule has 0 radical (unpaired) electrons. The molecule has 0 aliphatic carbocycles. The first-order chi connectivity index (χ1) is 20.0. The summed E-state index contributed by atoms with van der Waals surface area (Å²) in [6.07, 6.45) is 0.306. The highest BCUT2D eigenvalue weighted by Gasteiger charge is 2.35. The van der Waals surface area contributed by atoms with Crippen LogP contribution in [0.15, 0.2) is 65.6 Å². The van der Waals surface area contributed by atoms with Gasteiger partial charge in [0.2, 0.25) is 11.8 Å². The van der Waals surface area contributed by atoms with Crippen LogP contribution in [-0.2, 0) is 26.2 Å². The van der Waals surface area contributed by atoms with Gasteiger partial charge in [0.05, 0.1) is 31.9 Å². The quantitative estimate of drug-likeness (QED) is 0.302. The number of carbonyl (C=O) groups is 2. The van der Waals surface area contributed by atoms with Crippen molar-refractivity contribution >= 4 is 39.1 Å². The number of sulfonamides is 1. The van der Waals surface area contributed by atoms with Gasteiger partial charge < -0.3 is 24.4 Å². The number of anilines is 1. The van der Waals surface area contributed by atoms with Crippen LogP contribution in [0.1, 0.15) is 24.5 Å². The van der Waals surface area contributed by atoms with Gasteiger partial charge in [-0.15, -0.1) is 0 Å². The number of amides is 2. The van der Waals surface area contributed by atoms with Crippen molar-refractivity contribution in [2.45, 2.75) is 37.8 Å². The fourth-order valence-electron chi connectivity index (χ4n) is 4.45. The lowest BCUT2D eigenvalue weighted by Gasteiger charge is -2.33. The predicted octanol–water partition coefficient (Wildman–Crippen LogP) is 4.42. The zero-order valence-corrected chi connectivity index (χ0v) is 26.1. The molecule has 42 heavy (non-hydrogen) atoms. The molecule has 0 unspecified atom stereocenters. The fraction of sp³-hybridized carbons (Fsp3) is 0.333. The molecule has 0 fully saturated rings. The second-order valence-corrected chi connectivity index (χ2v) is 11.7. The molecule has 1 N–H and O–H groups in total. The zero-order chi connectivity index (χ0) is 31.0. The summed E-state index contributed by atoms with van der Waals surface area (Å²) in [7, 11) is 1.29. The van der Waals surface area contributed by atoms with Crippen LogP contribution in [0, 0.1) is 6.92 Å². The van der Waals surface area contributed by atoms with Gasteiger partial charge in [0.1, 0.15) is 18.3 Å². The number of carbonyl (C=O) groups excluding carboxylic acids is 2. The monoisotopic (exact) mass is 617 g/mol. The van der Waals surface area contributed by atoms with Crippen LogP contribution < -0.4 is 23.8 Å². The van der Waals surface area contributed by atoms with Crippen LogP contribution in [0.5, 0.6) is 17.2 Å². The number of methoxy groups -OCH3 is 3. The molecule has 0 saturated heterocycles. The Morgan fingerprint density at radius 1 is 0.905 bits per heavy atom. The second kappa shape index (κ2) is 14.3. The molecule has 226 valence electrons. The van der Waals surface area contributed by atoms with Gasteiger partial charge in [0.15, 0.2) is 11.5 Å². The Bertz CT molecular complexity index is 1510. The highest BCUT2D eigenvalue weighted by Crippen LogP contribution is 2.37. The molecule has 3 aromatic rings. The molecule has 10 nitrogen and oxygen atoms in total. The number of hydrogen-bond donors (Lipinski definition) is 1. The van der Waals surface area contributed by atoms with Gasteiger partial charge in [-0.2, -0.15) is 0 Å². The van der Waals surface area contributed by atoms with E-state index in [2.05, 4.69) is 5.32 Å². The van der Waals surface area contributed by atoms with E-state index in [9.17, 15) is 18.0 Å². The maximum Gasteiger partial charge on any atom is 0.265 e. The van der Waals surface area contributed by atoms with Gasteiger partial charge in [0.25, 0.3) is 10.0 Å². The first-order valence-corrected chi connectivity index (χ1v) is 15.0. The molecular formula is C30H36ClN3O7S. The largest absolute Gasteiger partial charge is 0.495 e. The lowest BCUT2D eigenvalue weighted by Crippen LogP contribution is -2.51. The molecule has 2 amide bonds. The van der Waals surface area contributed by atoms with Crippen molar-refractivity contribution < 1.29 is 32.2 Å². The summed E-state index contributed by atoms with van der Waals surface area (Å²) in [4.78, 5) is 28.2.